The van der Waals surface area contributed by atoms with Gasteiger partial charge in [0.15, 0.2) is 0 Å². The molecule has 0 radical (unpaired) electrons. The molecular formula is C12H13ClN2O2. The Morgan fingerprint density at radius 1 is 1.29 bits per heavy atom. The Morgan fingerprint density at radius 2 is 1.94 bits per heavy atom. The molecule has 1 atom stereocenters. The van der Waals surface area contributed by atoms with Crippen LogP contribution in [0.15, 0.2) is 24.3 Å². The van der Waals surface area contributed by atoms with Crippen LogP contribution in [-0.4, -0.2) is 22.9 Å². The van der Waals surface area contributed by atoms with Gasteiger partial charge in [0.05, 0.1) is 0 Å². The molecule has 1 aromatic rings. The maximum atomic E-state index is 11.5. The normalized spacial score (nSPS) is 17.4. The summed E-state index contributed by atoms with van der Waals surface area (Å²) in [5, 5.41) is 3.70. The fourth-order valence-electron chi connectivity index (χ4n) is 1.91. The Labute approximate surface area is 105 Å². The minimum absolute atomic E-state index is 0.128. The van der Waals surface area contributed by atoms with Gasteiger partial charge in [0.1, 0.15) is 6.17 Å². The molecule has 1 aliphatic heterocycles. The summed E-state index contributed by atoms with van der Waals surface area (Å²) < 4.78 is 0. The van der Waals surface area contributed by atoms with Crippen molar-refractivity contribution in [1.82, 2.24) is 4.90 Å². The number of anilines is 1. The number of carbonyl (C=O) groups excluding carboxylic acids is 2. The van der Waals surface area contributed by atoms with Gasteiger partial charge in [-0.1, -0.05) is 17.7 Å². The highest BCUT2D eigenvalue weighted by molar-refractivity contribution is 6.30. The third kappa shape index (κ3) is 2.58. The molecule has 0 spiro atoms. The third-order valence-corrected chi connectivity index (χ3v) is 2.91. The van der Waals surface area contributed by atoms with E-state index >= 15 is 0 Å². The summed E-state index contributed by atoms with van der Waals surface area (Å²) in [6.45, 7) is 1.78. The molecule has 1 aromatic carbocycles. The lowest BCUT2D eigenvalue weighted by Gasteiger charge is -2.24. The molecule has 0 saturated carbocycles. The van der Waals surface area contributed by atoms with Gasteiger partial charge >= 0.3 is 0 Å². The van der Waals surface area contributed by atoms with Crippen molar-refractivity contribution >= 4 is 29.1 Å². The fraction of sp³-hybridized carbons (Fsp3) is 0.333. The van der Waals surface area contributed by atoms with E-state index in [0.29, 0.717) is 17.9 Å². The summed E-state index contributed by atoms with van der Waals surface area (Å²) in [6, 6.07) is 7.17. The first-order chi connectivity index (χ1) is 8.08. The average molecular weight is 253 g/mol. The van der Waals surface area contributed by atoms with Crippen LogP contribution in [0.5, 0.6) is 0 Å². The SMILES string of the molecule is C[C@@H](Nc1cccc(Cl)c1)N1C(=O)CCC1=O. The van der Waals surface area contributed by atoms with Gasteiger partial charge in [0.2, 0.25) is 11.8 Å². The number of hydrogen-bond acceptors (Lipinski definition) is 3. The number of nitrogens with one attached hydrogen (secondary N) is 1. The molecule has 4 nitrogen and oxygen atoms in total. The van der Waals surface area contributed by atoms with Crippen LogP contribution in [0.1, 0.15) is 19.8 Å². The largest absolute Gasteiger partial charge is 0.365 e. The number of rotatable bonds is 3. The molecule has 1 fully saturated rings. The zero-order valence-electron chi connectivity index (χ0n) is 9.44. The zero-order chi connectivity index (χ0) is 12.4. The molecule has 1 N–H and O–H groups in total. The average Bonchev–Trinajstić information content (AvgIpc) is 2.58. The molecule has 1 aliphatic rings. The smallest absolute Gasteiger partial charge is 0.231 e. The Kier molecular flexibility index (Phi) is 3.33. The zero-order valence-corrected chi connectivity index (χ0v) is 10.2. The maximum absolute atomic E-state index is 11.5. The van der Waals surface area contributed by atoms with Gasteiger partial charge in [-0.15, -0.1) is 0 Å². The Bertz CT molecular complexity index is 446. The predicted molar refractivity (Wildman–Crippen MR) is 65.6 cm³/mol. The van der Waals surface area contributed by atoms with Crippen LogP contribution < -0.4 is 5.32 Å². The number of likely N-dealkylation sites (tertiary alicyclic amines) is 1. The molecule has 5 heteroatoms. The van der Waals surface area contributed by atoms with Gasteiger partial charge in [-0.05, 0) is 25.1 Å². The first kappa shape index (κ1) is 11.9. The molecule has 1 saturated heterocycles. The molecular weight excluding hydrogens is 240 g/mol. The van der Waals surface area contributed by atoms with Crippen LogP contribution in [0.3, 0.4) is 0 Å². The van der Waals surface area contributed by atoms with Crippen molar-refractivity contribution in [3.63, 3.8) is 0 Å². The second-order valence-corrected chi connectivity index (χ2v) is 4.42. The lowest BCUT2D eigenvalue weighted by molar-refractivity contribution is -0.140. The Hall–Kier alpha value is -1.55. The molecule has 1 heterocycles. The molecule has 0 bridgehead atoms. The van der Waals surface area contributed by atoms with Gasteiger partial charge in [-0.3, -0.25) is 14.5 Å². The van der Waals surface area contributed by atoms with E-state index in [4.69, 9.17) is 11.6 Å². The first-order valence-corrected chi connectivity index (χ1v) is 5.83. The topological polar surface area (TPSA) is 49.4 Å². The minimum atomic E-state index is -0.351. The number of hydrogen-bond donors (Lipinski definition) is 1. The number of amides is 2. The van der Waals surface area contributed by atoms with Gasteiger partial charge < -0.3 is 5.32 Å². The van der Waals surface area contributed by atoms with E-state index in [9.17, 15) is 9.59 Å². The summed E-state index contributed by atoms with van der Waals surface area (Å²) in [6.07, 6.45) is 0.261. The quantitative estimate of drug-likeness (QED) is 0.840. The number of benzene rings is 1. The van der Waals surface area contributed by atoms with Crippen LogP contribution in [0.25, 0.3) is 0 Å². The van der Waals surface area contributed by atoms with Crippen molar-refractivity contribution in [3.05, 3.63) is 29.3 Å². The lowest BCUT2D eigenvalue weighted by Crippen LogP contribution is -2.42. The molecule has 17 heavy (non-hydrogen) atoms. The second-order valence-electron chi connectivity index (χ2n) is 3.99. The maximum Gasteiger partial charge on any atom is 0.231 e. The summed E-state index contributed by atoms with van der Waals surface area (Å²) >= 11 is 5.86. The minimum Gasteiger partial charge on any atom is -0.365 e. The Morgan fingerprint density at radius 3 is 2.53 bits per heavy atom. The first-order valence-electron chi connectivity index (χ1n) is 5.45. The highest BCUT2D eigenvalue weighted by atomic mass is 35.5. The molecule has 2 rings (SSSR count). The number of nitrogens with zero attached hydrogens (tertiary/aromatic N) is 1. The van der Waals surface area contributed by atoms with Crippen molar-refractivity contribution < 1.29 is 9.59 Å². The van der Waals surface area contributed by atoms with E-state index in [2.05, 4.69) is 5.32 Å². The van der Waals surface area contributed by atoms with Crippen molar-refractivity contribution in [2.45, 2.75) is 25.9 Å². The van der Waals surface area contributed by atoms with E-state index in [1.54, 1.807) is 19.1 Å². The van der Waals surface area contributed by atoms with Gasteiger partial charge in [-0.25, -0.2) is 0 Å². The molecule has 2 amide bonds. The number of imide groups is 1. The van der Waals surface area contributed by atoms with Crippen LogP contribution in [0.2, 0.25) is 5.02 Å². The fourth-order valence-corrected chi connectivity index (χ4v) is 2.10. The van der Waals surface area contributed by atoms with Crippen LogP contribution in [-0.2, 0) is 9.59 Å². The summed E-state index contributed by atoms with van der Waals surface area (Å²) in [5.41, 5.74) is 0.789. The van der Waals surface area contributed by atoms with Crippen molar-refractivity contribution in [2.24, 2.45) is 0 Å². The standard InChI is InChI=1S/C12H13ClN2O2/c1-8(15-11(16)5-6-12(15)17)14-10-4-2-3-9(13)7-10/h2-4,7-8,14H,5-6H2,1H3/t8-/m0/s1. The molecule has 0 aromatic heterocycles. The highest BCUT2D eigenvalue weighted by Crippen LogP contribution is 2.19. The van der Waals surface area contributed by atoms with Crippen LogP contribution in [0.4, 0.5) is 5.69 Å². The summed E-state index contributed by atoms with van der Waals surface area (Å²) in [4.78, 5) is 24.3. The Balaban J connectivity index is 2.08. The van der Waals surface area contributed by atoms with Gasteiger partial charge in [0, 0.05) is 23.6 Å². The monoisotopic (exact) mass is 252 g/mol. The van der Waals surface area contributed by atoms with E-state index in [1.165, 1.54) is 4.90 Å². The summed E-state index contributed by atoms with van der Waals surface area (Å²) in [5.74, 6) is -0.256. The molecule has 0 unspecified atom stereocenters. The van der Waals surface area contributed by atoms with Crippen molar-refractivity contribution in [3.8, 4) is 0 Å². The van der Waals surface area contributed by atoms with Crippen molar-refractivity contribution in [2.75, 3.05) is 5.32 Å². The van der Waals surface area contributed by atoms with E-state index < -0.39 is 0 Å². The van der Waals surface area contributed by atoms with Crippen LogP contribution >= 0.6 is 11.6 Å². The number of carbonyl (C=O) groups is 2. The third-order valence-electron chi connectivity index (χ3n) is 2.68. The lowest BCUT2D eigenvalue weighted by atomic mass is 10.3. The van der Waals surface area contributed by atoms with Crippen LogP contribution in [0, 0.1) is 0 Å². The highest BCUT2D eigenvalue weighted by Gasteiger charge is 2.32. The van der Waals surface area contributed by atoms with Gasteiger partial charge in [-0.2, -0.15) is 0 Å². The second kappa shape index (κ2) is 4.75. The van der Waals surface area contributed by atoms with E-state index in [0.717, 1.165) is 5.69 Å². The predicted octanol–water partition coefficient (Wildman–Crippen LogP) is 2.25. The molecule has 90 valence electrons. The van der Waals surface area contributed by atoms with E-state index in [-0.39, 0.29) is 18.0 Å². The number of halogens is 1. The van der Waals surface area contributed by atoms with E-state index in [1.807, 2.05) is 12.1 Å². The van der Waals surface area contributed by atoms with Crippen molar-refractivity contribution in [1.29, 1.82) is 0 Å². The summed E-state index contributed by atoms with van der Waals surface area (Å²) in [7, 11) is 0. The molecule has 0 aliphatic carbocycles. The van der Waals surface area contributed by atoms with Gasteiger partial charge in [0.25, 0.3) is 0 Å².